The lowest BCUT2D eigenvalue weighted by Gasteiger charge is -2.32. The highest BCUT2D eigenvalue weighted by Gasteiger charge is 2.36. The van der Waals surface area contributed by atoms with E-state index in [9.17, 15) is 14.4 Å². The van der Waals surface area contributed by atoms with Gasteiger partial charge in [-0.2, -0.15) is 0 Å². The number of rotatable bonds is 11. The number of esters is 1. The Hall–Kier alpha value is -4.51. The van der Waals surface area contributed by atoms with E-state index in [-0.39, 0.29) is 24.8 Å². The van der Waals surface area contributed by atoms with Crippen molar-refractivity contribution in [3.8, 4) is 17.2 Å². The van der Waals surface area contributed by atoms with Crippen molar-refractivity contribution < 1.29 is 33.3 Å². The number of methoxy groups -OCH3 is 3. The lowest BCUT2D eigenvalue weighted by atomic mass is 10.1. The molecule has 1 heterocycles. The average molecular weight is 592 g/mol. The molecule has 10 nitrogen and oxygen atoms in total. The number of thioether (sulfide) groups is 1. The van der Waals surface area contributed by atoms with E-state index in [2.05, 4.69) is 5.32 Å². The highest BCUT2D eigenvalue weighted by Crippen LogP contribution is 2.32. The molecule has 1 N–H and O–H groups in total. The van der Waals surface area contributed by atoms with E-state index in [1.807, 2.05) is 18.2 Å². The monoisotopic (exact) mass is 591 g/mol. The predicted octanol–water partition coefficient (Wildman–Crippen LogP) is 5.09. The van der Waals surface area contributed by atoms with Crippen LogP contribution in [0.15, 0.2) is 71.7 Å². The second-order valence-corrected chi connectivity index (χ2v) is 10.3. The van der Waals surface area contributed by atoms with Crippen LogP contribution in [0.25, 0.3) is 0 Å². The molecule has 1 fully saturated rings. The maximum atomic E-state index is 13.4. The summed E-state index contributed by atoms with van der Waals surface area (Å²) in [6.45, 7) is 2.36. The van der Waals surface area contributed by atoms with Crippen LogP contribution in [0.1, 0.15) is 29.3 Å². The Morgan fingerprint density at radius 1 is 0.976 bits per heavy atom. The average Bonchev–Trinajstić information content (AvgIpc) is 3.00. The molecule has 11 heteroatoms. The lowest BCUT2D eigenvalue weighted by molar-refractivity contribution is -0.129. The first-order chi connectivity index (χ1) is 20.3. The number of nitrogens with one attached hydrogen (secondary N) is 1. The molecule has 2 amide bonds. The van der Waals surface area contributed by atoms with Crippen LogP contribution >= 0.6 is 11.8 Å². The molecule has 0 aliphatic carbocycles. The zero-order valence-electron chi connectivity index (χ0n) is 23.9. The summed E-state index contributed by atoms with van der Waals surface area (Å²) in [7, 11) is 4.69. The normalized spacial score (nSPS) is 15.7. The Kier molecular flexibility index (Phi) is 10.4. The number of carbonyl (C=O) groups excluding carboxylic acids is 3. The van der Waals surface area contributed by atoms with Gasteiger partial charge in [0.25, 0.3) is 0 Å². The van der Waals surface area contributed by atoms with Crippen molar-refractivity contribution in [2.24, 2.45) is 4.99 Å². The number of hydrogen-bond donors (Lipinski definition) is 1. The van der Waals surface area contributed by atoms with Crippen LogP contribution in [-0.4, -0.2) is 67.6 Å². The van der Waals surface area contributed by atoms with Gasteiger partial charge in [-0.05, 0) is 67.4 Å². The van der Waals surface area contributed by atoms with E-state index in [1.54, 1.807) is 81.7 Å². The van der Waals surface area contributed by atoms with Crippen molar-refractivity contribution in [3.63, 3.8) is 0 Å². The molecule has 220 valence electrons. The SMILES string of the molecule is CCOC(=O)c1ccc(N=C2S[C@@H](C(=O)Nc3cccc(OC)c3)CC(=O)N2CCc2ccc(OC)c(OC)c2)cc1. The minimum absolute atomic E-state index is 0.00716. The van der Waals surface area contributed by atoms with E-state index < -0.39 is 11.2 Å². The Bertz CT molecular complexity index is 1460. The third-order valence-electron chi connectivity index (χ3n) is 6.44. The molecular weight excluding hydrogens is 558 g/mol. The summed E-state index contributed by atoms with van der Waals surface area (Å²) in [6.07, 6.45) is 0.529. The van der Waals surface area contributed by atoms with Gasteiger partial charge in [0, 0.05) is 24.7 Å². The summed E-state index contributed by atoms with van der Waals surface area (Å²) >= 11 is 1.22. The molecular formula is C31H33N3O7S. The van der Waals surface area contributed by atoms with Gasteiger partial charge in [0.2, 0.25) is 11.8 Å². The van der Waals surface area contributed by atoms with Crippen molar-refractivity contribution in [1.29, 1.82) is 0 Å². The summed E-state index contributed by atoms with van der Waals surface area (Å²) in [5, 5.41) is 2.57. The number of aliphatic imine (C=N–C) groups is 1. The zero-order chi connectivity index (χ0) is 30.1. The number of carbonyl (C=O) groups is 3. The number of amides is 2. The number of anilines is 1. The van der Waals surface area contributed by atoms with E-state index in [1.165, 1.54) is 11.8 Å². The Morgan fingerprint density at radius 2 is 1.74 bits per heavy atom. The van der Waals surface area contributed by atoms with Crippen LogP contribution in [0.4, 0.5) is 11.4 Å². The molecule has 1 aliphatic rings. The maximum Gasteiger partial charge on any atom is 0.338 e. The predicted molar refractivity (Wildman–Crippen MR) is 162 cm³/mol. The molecule has 0 unspecified atom stereocenters. The third-order valence-corrected chi connectivity index (χ3v) is 7.63. The number of hydrogen-bond acceptors (Lipinski definition) is 9. The van der Waals surface area contributed by atoms with Gasteiger partial charge >= 0.3 is 5.97 Å². The van der Waals surface area contributed by atoms with Crippen molar-refractivity contribution >= 4 is 46.1 Å². The fourth-order valence-electron chi connectivity index (χ4n) is 4.26. The summed E-state index contributed by atoms with van der Waals surface area (Å²) in [5.74, 6) is 0.858. The molecule has 0 spiro atoms. The van der Waals surface area contributed by atoms with E-state index >= 15 is 0 Å². The quantitative estimate of drug-likeness (QED) is 0.307. The molecule has 1 aliphatic heterocycles. The molecule has 3 aromatic carbocycles. The molecule has 0 saturated carbocycles. The smallest absolute Gasteiger partial charge is 0.338 e. The standard InChI is InChI=1S/C31H33N3O7S/c1-5-41-30(37)21-10-12-22(13-11-21)33-31-34(16-15-20-9-14-25(39-3)26(17-20)40-4)28(35)19-27(42-31)29(36)32-23-7-6-8-24(18-23)38-2/h6-14,17-18,27H,5,15-16,19H2,1-4H3,(H,32,36)/t27-/m1/s1. The van der Waals surface area contributed by atoms with Crippen LogP contribution < -0.4 is 19.5 Å². The van der Waals surface area contributed by atoms with Crippen molar-refractivity contribution in [2.45, 2.75) is 25.0 Å². The molecule has 0 aromatic heterocycles. The first-order valence-corrected chi connectivity index (χ1v) is 14.2. The van der Waals surface area contributed by atoms with Crippen LogP contribution in [-0.2, 0) is 20.7 Å². The second kappa shape index (κ2) is 14.4. The summed E-state index contributed by atoms with van der Waals surface area (Å²) in [6, 6.07) is 19.2. The lowest BCUT2D eigenvalue weighted by Crippen LogP contribution is -2.46. The van der Waals surface area contributed by atoms with Crippen LogP contribution in [0.5, 0.6) is 17.2 Å². The van der Waals surface area contributed by atoms with Gasteiger partial charge < -0.3 is 24.3 Å². The summed E-state index contributed by atoms with van der Waals surface area (Å²) in [4.78, 5) is 45.1. The first kappa shape index (κ1) is 30.4. The molecule has 0 bridgehead atoms. The number of amidine groups is 1. The first-order valence-electron chi connectivity index (χ1n) is 13.3. The maximum absolute atomic E-state index is 13.4. The largest absolute Gasteiger partial charge is 0.497 e. The van der Waals surface area contributed by atoms with Crippen LogP contribution in [0.2, 0.25) is 0 Å². The van der Waals surface area contributed by atoms with Crippen molar-refractivity contribution in [1.82, 2.24) is 4.90 Å². The van der Waals surface area contributed by atoms with E-state index in [4.69, 9.17) is 23.9 Å². The van der Waals surface area contributed by atoms with Gasteiger partial charge in [0.05, 0.1) is 39.2 Å². The Balaban J connectivity index is 1.57. The topological polar surface area (TPSA) is 116 Å². The van der Waals surface area contributed by atoms with Gasteiger partial charge in [-0.3, -0.25) is 14.5 Å². The van der Waals surface area contributed by atoms with Gasteiger partial charge in [0.15, 0.2) is 16.7 Å². The molecule has 42 heavy (non-hydrogen) atoms. The fourth-order valence-corrected chi connectivity index (χ4v) is 5.38. The summed E-state index contributed by atoms with van der Waals surface area (Å²) in [5.41, 5.74) is 2.44. The second-order valence-electron chi connectivity index (χ2n) is 9.18. The van der Waals surface area contributed by atoms with Crippen LogP contribution in [0, 0.1) is 0 Å². The van der Waals surface area contributed by atoms with Crippen molar-refractivity contribution in [2.75, 3.05) is 39.8 Å². The molecule has 1 saturated heterocycles. The van der Waals surface area contributed by atoms with E-state index in [0.717, 1.165) is 5.56 Å². The van der Waals surface area contributed by atoms with E-state index in [0.29, 0.717) is 52.3 Å². The van der Waals surface area contributed by atoms with Gasteiger partial charge in [0.1, 0.15) is 11.0 Å². The number of nitrogens with zero attached hydrogens (tertiary/aromatic N) is 2. The van der Waals surface area contributed by atoms with Gasteiger partial charge in [-0.15, -0.1) is 0 Å². The molecule has 4 rings (SSSR count). The Labute approximate surface area is 249 Å². The minimum atomic E-state index is -0.696. The Morgan fingerprint density at radius 3 is 2.43 bits per heavy atom. The van der Waals surface area contributed by atoms with Gasteiger partial charge in [-0.25, -0.2) is 9.79 Å². The minimum Gasteiger partial charge on any atom is -0.497 e. The highest BCUT2D eigenvalue weighted by atomic mass is 32.2. The fraction of sp³-hybridized carbons (Fsp3) is 0.290. The molecule has 1 atom stereocenters. The number of ether oxygens (including phenoxy) is 4. The van der Waals surface area contributed by atoms with Gasteiger partial charge in [-0.1, -0.05) is 23.9 Å². The molecule has 0 radical (unpaired) electrons. The van der Waals surface area contributed by atoms with Crippen molar-refractivity contribution in [3.05, 3.63) is 77.9 Å². The highest BCUT2D eigenvalue weighted by molar-refractivity contribution is 8.15. The summed E-state index contributed by atoms with van der Waals surface area (Å²) < 4.78 is 21.0. The molecule has 3 aromatic rings. The third kappa shape index (κ3) is 7.61. The zero-order valence-corrected chi connectivity index (χ0v) is 24.7. The van der Waals surface area contributed by atoms with Crippen LogP contribution in [0.3, 0.4) is 0 Å². The number of benzene rings is 3.